The zero-order valence-electron chi connectivity index (χ0n) is 4.89. The normalized spacial score (nSPS) is 45.0. The van der Waals surface area contributed by atoms with Crippen LogP contribution in [0.4, 0.5) is 0 Å². The van der Waals surface area contributed by atoms with Crippen LogP contribution in [0.1, 0.15) is 19.3 Å². The molecule has 2 heteroatoms. The Morgan fingerprint density at radius 2 is 2.38 bits per heavy atom. The van der Waals surface area contributed by atoms with E-state index in [0.717, 1.165) is 12.8 Å². The molecule has 0 aromatic heterocycles. The molecule has 1 N–H and O–H groups in total. The molecule has 8 heavy (non-hydrogen) atoms. The second-order valence-corrected chi connectivity index (χ2v) is 2.65. The van der Waals surface area contributed by atoms with Crippen LogP contribution in [0.25, 0.3) is 0 Å². The van der Waals surface area contributed by atoms with Crippen LogP contribution in [0, 0.1) is 0 Å². The van der Waals surface area contributed by atoms with Crippen molar-refractivity contribution in [1.82, 2.24) is 5.32 Å². The van der Waals surface area contributed by atoms with E-state index in [0.29, 0.717) is 6.10 Å². The minimum absolute atomic E-state index is 0.598. The zero-order valence-corrected chi connectivity index (χ0v) is 4.89. The Kier molecular flexibility index (Phi) is 1.02. The molecule has 0 aromatic rings. The summed E-state index contributed by atoms with van der Waals surface area (Å²) in [5.41, 5.74) is 0. The molecule has 2 bridgehead atoms. The summed E-state index contributed by atoms with van der Waals surface area (Å²) in [7, 11) is 0. The highest BCUT2D eigenvalue weighted by Crippen LogP contribution is 2.24. The van der Waals surface area contributed by atoms with E-state index in [-0.39, 0.29) is 0 Å². The van der Waals surface area contributed by atoms with E-state index >= 15 is 0 Å². The molecule has 1 saturated heterocycles. The summed E-state index contributed by atoms with van der Waals surface area (Å²) in [6.45, 7) is 0.787. The zero-order chi connectivity index (χ0) is 5.40. The standard InChI is InChI=1S/C6H11NO/c1-2-6-3-5(1)7-4-8-6/h5-7H,1-4H2/t5-,6+/m0/s1. The van der Waals surface area contributed by atoms with Crippen LogP contribution < -0.4 is 5.32 Å². The first-order chi connectivity index (χ1) is 3.95. The van der Waals surface area contributed by atoms with Crippen molar-refractivity contribution >= 4 is 0 Å². The Morgan fingerprint density at radius 1 is 1.38 bits per heavy atom. The van der Waals surface area contributed by atoms with Gasteiger partial charge in [0.15, 0.2) is 0 Å². The fraction of sp³-hybridized carbons (Fsp3) is 1.00. The predicted octanol–water partition coefficient (Wildman–Crippen LogP) is 0.485. The summed E-state index contributed by atoms with van der Waals surface area (Å²) in [6, 6.07) is 0.786. The fourth-order valence-corrected chi connectivity index (χ4v) is 1.56. The molecule has 0 spiro atoms. The van der Waals surface area contributed by atoms with Gasteiger partial charge in [-0.15, -0.1) is 0 Å². The van der Waals surface area contributed by atoms with Crippen molar-refractivity contribution in [3.63, 3.8) is 0 Å². The summed E-state index contributed by atoms with van der Waals surface area (Å²) < 4.78 is 5.36. The minimum Gasteiger partial charge on any atom is -0.363 e. The van der Waals surface area contributed by atoms with E-state index in [1.807, 2.05) is 0 Å². The van der Waals surface area contributed by atoms with Crippen molar-refractivity contribution < 1.29 is 4.74 Å². The van der Waals surface area contributed by atoms with Gasteiger partial charge in [-0.2, -0.15) is 0 Å². The molecule has 2 rings (SSSR count). The molecule has 0 unspecified atom stereocenters. The highest BCUT2D eigenvalue weighted by atomic mass is 16.5. The lowest BCUT2D eigenvalue weighted by Gasteiger charge is -2.20. The topological polar surface area (TPSA) is 21.3 Å². The van der Waals surface area contributed by atoms with Crippen LogP contribution in [0.2, 0.25) is 0 Å². The minimum atomic E-state index is 0.598. The van der Waals surface area contributed by atoms with E-state index < -0.39 is 0 Å². The van der Waals surface area contributed by atoms with E-state index in [1.54, 1.807) is 0 Å². The van der Waals surface area contributed by atoms with Crippen LogP contribution in [-0.4, -0.2) is 18.9 Å². The Balaban J connectivity index is 2.03. The van der Waals surface area contributed by atoms with E-state index in [4.69, 9.17) is 4.74 Å². The molecule has 2 fully saturated rings. The third-order valence-electron chi connectivity index (χ3n) is 2.08. The van der Waals surface area contributed by atoms with Crippen molar-refractivity contribution in [2.24, 2.45) is 0 Å². The number of nitrogens with one attached hydrogen (secondary N) is 1. The summed E-state index contributed by atoms with van der Waals surface area (Å²) in [5.74, 6) is 0. The number of fused-ring (bicyclic) bond motifs is 2. The lowest BCUT2D eigenvalue weighted by Crippen LogP contribution is -2.35. The lowest BCUT2D eigenvalue weighted by atomic mass is 10.2. The summed E-state index contributed by atoms with van der Waals surface area (Å²) in [5, 5.41) is 3.29. The van der Waals surface area contributed by atoms with Gasteiger partial charge < -0.3 is 4.74 Å². The average Bonchev–Trinajstić information content (AvgIpc) is 2.12. The van der Waals surface area contributed by atoms with Crippen molar-refractivity contribution in [3.05, 3.63) is 0 Å². The summed E-state index contributed by atoms with van der Waals surface area (Å²) >= 11 is 0. The smallest absolute Gasteiger partial charge is 0.0971 e. The van der Waals surface area contributed by atoms with Gasteiger partial charge in [-0.05, 0) is 19.3 Å². The molecule has 2 aliphatic rings. The molecule has 1 saturated carbocycles. The van der Waals surface area contributed by atoms with Crippen LogP contribution >= 0.6 is 0 Å². The summed E-state index contributed by atoms with van der Waals surface area (Å²) in [4.78, 5) is 0. The van der Waals surface area contributed by atoms with Crippen LogP contribution in [-0.2, 0) is 4.74 Å². The summed E-state index contributed by atoms with van der Waals surface area (Å²) in [6.07, 6.45) is 4.45. The Labute approximate surface area is 49.2 Å². The van der Waals surface area contributed by atoms with Gasteiger partial charge in [0.1, 0.15) is 0 Å². The monoisotopic (exact) mass is 113 g/mol. The molecule has 2 atom stereocenters. The Bertz CT molecular complexity index is 80.5. The van der Waals surface area contributed by atoms with Crippen molar-refractivity contribution in [2.45, 2.75) is 31.4 Å². The van der Waals surface area contributed by atoms with Crippen LogP contribution in [0.15, 0.2) is 0 Å². The Morgan fingerprint density at radius 3 is 3.12 bits per heavy atom. The number of hydrogen-bond acceptors (Lipinski definition) is 2. The molecule has 0 amide bonds. The van der Waals surface area contributed by atoms with E-state index in [2.05, 4.69) is 5.32 Å². The number of rotatable bonds is 0. The molecular weight excluding hydrogens is 102 g/mol. The molecular formula is C6H11NO. The largest absolute Gasteiger partial charge is 0.363 e. The first-order valence-corrected chi connectivity index (χ1v) is 3.30. The van der Waals surface area contributed by atoms with Gasteiger partial charge in [0, 0.05) is 6.04 Å². The average molecular weight is 113 g/mol. The Hall–Kier alpha value is -0.0800. The maximum atomic E-state index is 5.36. The SMILES string of the molecule is C1N[C@H]2CC[C@H](C2)O1. The van der Waals surface area contributed by atoms with Gasteiger partial charge in [0.2, 0.25) is 0 Å². The van der Waals surface area contributed by atoms with Crippen LogP contribution in [0.5, 0.6) is 0 Å². The lowest BCUT2D eigenvalue weighted by molar-refractivity contribution is 0.0185. The predicted molar refractivity (Wildman–Crippen MR) is 30.5 cm³/mol. The van der Waals surface area contributed by atoms with Crippen molar-refractivity contribution in [2.75, 3.05) is 6.73 Å². The highest BCUT2D eigenvalue weighted by molar-refractivity contribution is 4.83. The van der Waals surface area contributed by atoms with E-state index in [1.165, 1.54) is 19.3 Å². The molecule has 1 heterocycles. The van der Waals surface area contributed by atoms with E-state index in [9.17, 15) is 0 Å². The molecule has 1 aliphatic heterocycles. The third-order valence-corrected chi connectivity index (χ3v) is 2.08. The molecule has 0 aromatic carbocycles. The van der Waals surface area contributed by atoms with Gasteiger partial charge in [0.05, 0.1) is 12.8 Å². The van der Waals surface area contributed by atoms with Gasteiger partial charge in [-0.25, -0.2) is 0 Å². The second-order valence-electron chi connectivity index (χ2n) is 2.65. The second kappa shape index (κ2) is 1.71. The fourth-order valence-electron chi connectivity index (χ4n) is 1.56. The molecule has 0 radical (unpaired) electrons. The van der Waals surface area contributed by atoms with Gasteiger partial charge in [-0.3, -0.25) is 5.32 Å². The molecule has 2 nitrogen and oxygen atoms in total. The van der Waals surface area contributed by atoms with Gasteiger partial charge >= 0.3 is 0 Å². The van der Waals surface area contributed by atoms with Crippen molar-refractivity contribution in [1.29, 1.82) is 0 Å². The third kappa shape index (κ3) is 0.644. The maximum Gasteiger partial charge on any atom is 0.0971 e. The maximum absolute atomic E-state index is 5.36. The first-order valence-electron chi connectivity index (χ1n) is 3.30. The quantitative estimate of drug-likeness (QED) is 0.493. The van der Waals surface area contributed by atoms with Crippen molar-refractivity contribution in [3.8, 4) is 0 Å². The van der Waals surface area contributed by atoms with Crippen LogP contribution in [0.3, 0.4) is 0 Å². The highest BCUT2D eigenvalue weighted by Gasteiger charge is 2.28. The molecule has 46 valence electrons. The molecule has 1 aliphatic carbocycles. The van der Waals surface area contributed by atoms with Gasteiger partial charge in [0.25, 0.3) is 0 Å². The number of ether oxygens (including phenoxy) is 1. The van der Waals surface area contributed by atoms with Gasteiger partial charge in [-0.1, -0.05) is 0 Å². The number of hydrogen-bond donors (Lipinski definition) is 1. The first kappa shape index (κ1) is 4.77.